The van der Waals surface area contributed by atoms with Crippen molar-refractivity contribution in [3.05, 3.63) is 84.0 Å². The van der Waals surface area contributed by atoms with Crippen LogP contribution in [0, 0.1) is 60.6 Å². The van der Waals surface area contributed by atoms with E-state index in [0.717, 1.165) is 22.3 Å². The lowest BCUT2D eigenvalue weighted by molar-refractivity contribution is 0.237. The third-order valence-corrected chi connectivity index (χ3v) is 3.15. The Labute approximate surface area is 168 Å². The molecule has 2 heteroatoms. The highest BCUT2D eigenvalue weighted by atomic mass is 16.5. The van der Waals surface area contributed by atoms with Crippen molar-refractivity contribution in [2.75, 3.05) is 13.2 Å². The average Bonchev–Trinajstić information content (AvgIpc) is 2.73. The molecule has 0 saturated carbocycles. The fourth-order valence-electron chi connectivity index (χ4n) is 1.97. The van der Waals surface area contributed by atoms with Crippen molar-refractivity contribution in [2.24, 2.45) is 0 Å². The molecule has 4 radical (unpaired) electrons. The van der Waals surface area contributed by atoms with E-state index in [1.165, 1.54) is 0 Å². The van der Waals surface area contributed by atoms with Crippen LogP contribution in [0.4, 0.5) is 0 Å². The van der Waals surface area contributed by atoms with Gasteiger partial charge in [0.25, 0.3) is 0 Å². The summed E-state index contributed by atoms with van der Waals surface area (Å²) >= 11 is 0. The Morgan fingerprint density at radius 3 is 1.29 bits per heavy atom. The first-order valence-corrected chi connectivity index (χ1v) is 8.79. The molecule has 0 saturated heterocycles. The Hall–Kier alpha value is -3.40. The lowest BCUT2D eigenvalue weighted by atomic mass is 10.1. The van der Waals surface area contributed by atoms with Crippen molar-refractivity contribution in [3.63, 3.8) is 0 Å². The highest BCUT2D eigenvalue weighted by Crippen LogP contribution is 2.04. The van der Waals surface area contributed by atoms with Crippen LogP contribution in [-0.2, 0) is 9.47 Å². The quantitative estimate of drug-likeness (QED) is 0.606. The maximum Gasteiger partial charge on any atom is 0.217 e. The number of ether oxygens (including phenoxy) is 2. The smallest absolute Gasteiger partial charge is 0.217 e. The SMILES string of the molecule is CCO[C]C#Cc1cccc(C#CC#Cc2cccc(C#C[C]OCC)c2)c1. The molecule has 0 spiro atoms. The summed E-state index contributed by atoms with van der Waals surface area (Å²) in [7, 11) is 0. The van der Waals surface area contributed by atoms with Crippen LogP contribution in [0.15, 0.2) is 48.5 Å². The second kappa shape index (κ2) is 12.9. The molecule has 0 bridgehead atoms. The molecule has 0 aliphatic heterocycles. The van der Waals surface area contributed by atoms with Gasteiger partial charge in [-0.15, -0.1) is 0 Å². The van der Waals surface area contributed by atoms with Crippen molar-refractivity contribution in [1.82, 2.24) is 0 Å². The topological polar surface area (TPSA) is 18.5 Å². The minimum atomic E-state index is 0.554. The van der Waals surface area contributed by atoms with Gasteiger partial charge in [0.05, 0.1) is 0 Å². The molecule has 0 fully saturated rings. The van der Waals surface area contributed by atoms with Crippen LogP contribution in [-0.4, -0.2) is 13.2 Å². The van der Waals surface area contributed by atoms with Crippen LogP contribution >= 0.6 is 0 Å². The molecule has 0 unspecified atom stereocenters. The molecular weight excluding hydrogens is 344 g/mol. The molecule has 0 aliphatic carbocycles. The maximum atomic E-state index is 4.96. The summed E-state index contributed by atoms with van der Waals surface area (Å²) in [5.41, 5.74) is 3.39. The van der Waals surface area contributed by atoms with E-state index in [1.54, 1.807) is 0 Å². The van der Waals surface area contributed by atoms with Crippen LogP contribution in [0.2, 0.25) is 0 Å². The Bertz CT molecular complexity index is 933. The molecule has 2 rings (SSSR count). The van der Waals surface area contributed by atoms with E-state index in [9.17, 15) is 0 Å². The first kappa shape index (κ1) is 20.9. The third-order valence-electron chi connectivity index (χ3n) is 3.15. The molecular formula is C26H18O2. The monoisotopic (exact) mass is 362 g/mol. The fraction of sp³-hybridized carbons (Fsp3) is 0.154. The van der Waals surface area contributed by atoms with Crippen LogP contribution in [0.25, 0.3) is 0 Å². The Kier molecular flexibility index (Phi) is 9.61. The summed E-state index contributed by atoms with van der Waals surface area (Å²) in [5, 5.41) is 0. The predicted octanol–water partition coefficient (Wildman–Crippen LogP) is 3.94. The first-order chi connectivity index (χ1) is 13.8. The van der Waals surface area contributed by atoms with Gasteiger partial charge in [-0.3, -0.25) is 0 Å². The number of rotatable bonds is 4. The van der Waals surface area contributed by atoms with E-state index < -0.39 is 0 Å². The van der Waals surface area contributed by atoms with Gasteiger partial charge in [0.15, 0.2) is 0 Å². The maximum absolute atomic E-state index is 4.96. The number of benzene rings is 2. The van der Waals surface area contributed by atoms with Gasteiger partial charge >= 0.3 is 0 Å². The summed E-state index contributed by atoms with van der Waals surface area (Å²) < 4.78 is 9.92. The minimum Gasteiger partial charge on any atom is -0.355 e. The van der Waals surface area contributed by atoms with Gasteiger partial charge in [0.1, 0.15) is 0 Å². The summed E-state index contributed by atoms with van der Waals surface area (Å²) in [6.45, 7) is 9.99. The van der Waals surface area contributed by atoms with Gasteiger partial charge < -0.3 is 9.47 Å². The molecule has 0 amide bonds. The van der Waals surface area contributed by atoms with Crippen molar-refractivity contribution in [2.45, 2.75) is 13.8 Å². The molecule has 2 aromatic carbocycles. The second-order valence-corrected chi connectivity index (χ2v) is 5.23. The zero-order chi connectivity index (χ0) is 19.9. The van der Waals surface area contributed by atoms with Crippen LogP contribution in [0.3, 0.4) is 0 Å². The van der Waals surface area contributed by atoms with Crippen molar-refractivity contribution in [1.29, 1.82) is 0 Å². The first-order valence-electron chi connectivity index (χ1n) is 8.79. The van der Waals surface area contributed by atoms with E-state index in [2.05, 4.69) is 60.6 Å². The third kappa shape index (κ3) is 8.32. The number of hydrogen-bond acceptors (Lipinski definition) is 2. The molecule has 2 nitrogen and oxygen atoms in total. The van der Waals surface area contributed by atoms with E-state index in [0.29, 0.717) is 13.2 Å². The van der Waals surface area contributed by atoms with Crippen LogP contribution in [0.1, 0.15) is 36.1 Å². The average molecular weight is 362 g/mol. The zero-order valence-corrected chi connectivity index (χ0v) is 15.8. The van der Waals surface area contributed by atoms with Gasteiger partial charge in [-0.05, 0) is 62.1 Å². The van der Waals surface area contributed by atoms with Gasteiger partial charge in [-0.25, -0.2) is 0 Å². The highest BCUT2D eigenvalue weighted by molar-refractivity contribution is 5.49. The molecule has 0 atom stereocenters. The van der Waals surface area contributed by atoms with Gasteiger partial charge in [-0.2, -0.15) is 0 Å². The fourth-order valence-corrected chi connectivity index (χ4v) is 1.97. The van der Waals surface area contributed by atoms with Crippen molar-refractivity contribution in [3.8, 4) is 47.4 Å². The van der Waals surface area contributed by atoms with Crippen LogP contribution < -0.4 is 0 Å². The van der Waals surface area contributed by atoms with E-state index in [1.807, 2.05) is 62.4 Å². The lowest BCUT2D eigenvalue weighted by Gasteiger charge is -1.92. The summed E-state index contributed by atoms with van der Waals surface area (Å²) in [5.74, 6) is 23.1. The van der Waals surface area contributed by atoms with Crippen molar-refractivity contribution >= 4 is 0 Å². The molecule has 2 aromatic rings. The van der Waals surface area contributed by atoms with E-state index in [-0.39, 0.29) is 0 Å². The summed E-state index contributed by atoms with van der Waals surface area (Å²) in [4.78, 5) is 0. The molecule has 0 heterocycles. The van der Waals surface area contributed by atoms with Gasteiger partial charge in [-0.1, -0.05) is 47.7 Å². The minimum absolute atomic E-state index is 0.554. The summed E-state index contributed by atoms with van der Waals surface area (Å²) in [6, 6.07) is 15.2. The predicted molar refractivity (Wildman–Crippen MR) is 110 cm³/mol. The summed E-state index contributed by atoms with van der Waals surface area (Å²) in [6.07, 6.45) is 0. The highest BCUT2D eigenvalue weighted by Gasteiger charge is 1.91. The van der Waals surface area contributed by atoms with E-state index in [4.69, 9.17) is 9.47 Å². The number of hydrogen-bond donors (Lipinski definition) is 0. The van der Waals surface area contributed by atoms with Crippen LogP contribution in [0.5, 0.6) is 0 Å². The Balaban J connectivity index is 2.02. The standard InChI is InChI=1S/C26H18O2/c1-3-27-19-9-17-25-15-7-13-23(21-25)11-5-6-12-24-14-8-16-26(22-24)18-10-20-28-4-2/h7-8,13-16,21-22H,3-4H2,1-2H3. The lowest BCUT2D eigenvalue weighted by Crippen LogP contribution is -1.83. The van der Waals surface area contributed by atoms with Gasteiger partial charge in [0.2, 0.25) is 13.2 Å². The van der Waals surface area contributed by atoms with Gasteiger partial charge in [0, 0.05) is 35.5 Å². The Morgan fingerprint density at radius 1 is 0.571 bits per heavy atom. The normalized spacial score (nSPS) is 8.79. The molecule has 0 aromatic heterocycles. The van der Waals surface area contributed by atoms with E-state index >= 15 is 0 Å². The second-order valence-electron chi connectivity index (χ2n) is 5.23. The van der Waals surface area contributed by atoms with Crippen molar-refractivity contribution < 1.29 is 9.47 Å². The zero-order valence-electron chi connectivity index (χ0n) is 15.8. The molecule has 134 valence electrons. The molecule has 0 aliphatic rings. The molecule has 0 N–H and O–H groups in total. The molecule has 28 heavy (non-hydrogen) atoms. The Morgan fingerprint density at radius 2 is 0.929 bits per heavy atom. The largest absolute Gasteiger partial charge is 0.355 e.